The first-order valence-corrected chi connectivity index (χ1v) is 6.71. The van der Waals surface area contributed by atoms with Crippen LogP contribution >= 0.6 is 0 Å². The van der Waals surface area contributed by atoms with Crippen molar-refractivity contribution in [3.8, 4) is 0 Å². The zero-order chi connectivity index (χ0) is 14.5. The fraction of sp³-hybridized carbons (Fsp3) is 0.533. The van der Waals surface area contributed by atoms with E-state index in [4.69, 9.17) is 9.47 Å². The van der Waals surface area contributed by atoms with E-state index in [2.05, 4.69) is 0 Å². The molecular weight excluding hydrogens is 258 g/mol. The van der Waals surface area contributed by atoms with Crippen molar-refractivity contribution in [3.63, 3.8) is 0 Å². The molecule has 20 heavy (non-hydrogen) atoms. The van der Waals surface area contributed by atoms with Gasteiger partial charge in [0.25, 0.3) is 0 Å². The molecular formula is C15H21NO4. The van der Waals surface area contributed by atoms with Crippen LogP contribution in [-0.2, 0) is 27.2 Å². The number of aliphatic hydroxyl groups is 1. The highest BCUT2D eigenvalue weighted by atomic mass is 16.5. The summed E-state index contributed by atoms with van der Waals surface area (Å²) >= 11 is 0. The molecule has 110 valence electrons. The van der Waals surface area contributed by atoms with Crippen molar-refractivity contribution in [2.75, 3.05) is 34.0 Å². The van der Waals surface area contributed by atoms with Gasteiger partial charge >= 0.3 is 0 Å². The monoisotopic (exact) mass is 279 g/mol. The van der Waals surface area contributed by atoms with Gasteiger partial charge in [-0.15, -0.1) is 0 Å². The van der Waals surface area contributed by atoms with E-state index in [0.717, 1.165) is 24.1 Å². The van der Waals surface area contributed by atoms with Crippen LogP contribution in [0.5, 0.6) is 0 Å². The molecule has 5 nitrogen and oxygen atoms in total. The normalized spacial score (nSPS) is 15.8. The Kier molecular flexibility index (Phi) is 5.11. The molecule has 0 aromatic heterocycles. The second-order valence-electron chi connectivity index (χ2n) is 5.00. The van der Waals surface area contributed by atoms with Crippen molar-refractivity contribution in [1.29, 1.82) is 0 Å². The van der Waals surface area contributed by atoms with Gasteiger partial charge in [-0.3, -0.25) is 4.79 Å². The number of ether oxygens (including phenoxy) is 2. The van der Waals surface area contributed by atoms with Gasteiger partial charge in [-0.05, 0) is 23.1 Å². The molecule has 2 rings (SSSR count). The maximum Gasteiger partial charge on any atom is 0.248 e. The van der Waals surface area contributed by atoms with Gasteiger partial charge in [0.1, 0.15) is 12.7 Å². The molecule has 0 spiro atoms. The Morgan fingerprint density at radius 1 is 1.35 bits per heavy atom. The summed E-state index contributed by atoms with van der Waals surface area (Å²) in [6.07, 6.45) is 0.209. The van der Waals surface area contributed by atoms with Gasteiger partial charge in [0.05, 0.1) is 6.61 Å². The van der Waals surface area contributed by atoms with E-state index >= 15 is 0 Å². The molecule has 5 heteroatoms. The molecule has 0 saturated carbocycles. The minimum absolute atomic E-state index is 0.000919. The highest BCUT2D eigenvalue weighted by Gasteiger charge is 2.21. The van der Waals surface area contributed by atoms with E-state index in [-0.39, 0.29) is 19.1 Å². The van der Waals surface area contributed by atoms with Gasteiger partial charge < -0.3 is 19.5 Å². The van der Waals surface area contributed by atoms with Crippen LogP contribution in [0.2, 0.25) is 0 Å². The highest BCUT2D eigenvalue weighted by Crippen LogP contribution is 2.23. The minimum Gasteiger partial charge on any atom is -0.386 e. The Morgan fingerprint density at radius 3 is 2.85 bits per heavy atom. The van der Waals surface area contributed by atoms with Crippen molar-refractivity contribution in [1.82, 2.24) is 4.90 Å². The van der Waals surface area contributed by atoms with Crippen molar-refractivity contribution < 1.29 is 19.4 Å². The molecule has 1 aliphatic rings. The maximum atomic E-state index is 11.9. The van der Waals surface area contributed by atoms with Crippen molar-refractivity contribution in [3.05, 3.63) is 34.9 Å². The highest BCUT2D eigenvalue weighted by molar-refractivity contribution is 5.77. The fourth-order valence-corrected chi connectivity index (χ4v) is 2.47. The van der Waals surface area contributed by atoms with Crippen LogP contribution in [0.15, 0.2) is 18.2 Å². The van der Waals surface area contributed by atoms with E-state index < -0.39 is 6.10 Å². The number of benzene rings is 1. The number of amides is 1. The third-order valence-electron chi connectivity index (χ3n) is 3.57. The van der Waals surface area contributed by atoms with Gasteiger partial charge in [0.15, 0.2) is 0 Å². The van der Waals surface area contributed by atoms with Crippen LogP contribution in [0.4, 0.5) is 0 Å². The average molecular weight is 279 g/mol. The SMILES string of the molecule is COCC(=O)N1CCc2ccc(C(O)COC)cc2C1. The molecule has 0 bridgehead atoms. The number of carbonyl (C=O) groups is 1. The standard InChI is InChI=1S/C15H21NO4/c1-19-9-14(17)12-4-3-11-5-6-16(8-13(11)7-12)15(18)10-20-2/h3-4,7,14,17H,5-6,8-10H2,1-2H3. The first kappa shape index (κ1) is 15.0. The van der Waals surface area contributed by atoms with E-state index in [1.54, 1.807) is 12.0 Å². The second-order valence-corrected chi connectivity index (χ2v) is 5.00. The van der Waals surface area contributed by atoms with Crippen molar-refractivity contribution >= 4 is 5.91 Å². The topological polar surface area (TPSA) is 59.0 Å². The number of hydrogen-bond acceptors (Lipinski definition) is 4. The summed E-state index contributed by atoms with van der Waals surface area (Å²) in [6, 6.07) is 5.92. The molecule has 1 aliphatic heterocycles. The van der Waals surface area contributed by atoms with Gasteiger partial charge in [-0.2, -0.15) is 0 Å². The Hall–Kier alpha value is -1.43. The Bertz CT molecular complexity index is 475. The van der Waals surface area contributed by atoms with E-state index in [1.807, 2.05) is 18.2 Å². The number of carbonyl (C=O) groups excluding carboxylic acids is 1. The van der Waals surface area contributed by atoms with Crippen LogP contribution < -0.4 is 0 Å². The van der Waals surface area contributed by atoms with E-state index in [9.17, 15) is 9.90 Å². The van der Waals surface area contributed by atoms with Gasteiger partial charge in [-0.25, -0.2) is 0 Å². The lowest BCUT2D eigenvalue weighted by molar-refractivity contribution is -0.136. The van der Waals surface area contributed by atoms with Gasteiger partial charge in [0.2, 0.25) is 5.91 Å². The van der Waals surface area contributed by atoms with Crippen LogP contribution in [0.1, 0.15) is 22.8 Å². The summed E-state index contributed by atoms with van der Waals surface area (Å²) < 4.78 is 9.85. The molecule has 1 heterocycles. The van der Waals surface area contributed by atoms with E-state index in [1.165, 1.54) is 12.7 Å². The van der Waals surface area contributed by atoms with Crippen LogP contribution in [-0.4, -0.2) is 49.9 Å². The molecule has 1 aromatic rings. The number of aliphatic hydroxyl groups excluding tert-OH is 1. The molecule has 1 aromatic carbocycles. The summed E-state index contributed by atoms with van der Waals surface area (Å²) in [7, 11) is 3.09. The summed E-state index contributed by atoms with van der Waals surface area (Å²) in [5.74, 6) is 0.000919. The molecule has 0 fully saturated rings. The molecule has 0 saturated heterocycles. The van der Waals surface area contributed by atoms with Crippen LogP contribution in [0.3, 0.4) is 0 Å². The predicted molar refractivity (Wildman–Crippen MR) is 74.3 cm³/mol. The maximum absolute atomic E-state index is 11.9. The Labute approximate surface area is 119 Å². The number of rotatable bonds is 5. The summed E-state index contributed by atoms with van der Waals surface area (Å²) in [5, 5.41) is 9.96. The molecule has 1 unspecified atom stereocenters. The molecule has 0 aliphatic carbocycles. The number of hydrogen-bond donors (Lipinski definition) is 1. The number of nitrogens with zero attached hydrogens (tertiary/aromatic N) is 1. The number of methoxy groups -OCH3 is 2. The first-order chi connectivity index (χ1) is 9.65. The largest absolute Gasteiger partial charge is 0.386 e. The zero-order valence-electron chi connectivity index (χ0n) is 12.0. The molecule has 1 amide bonds. The predicted octanol–water partition coefficient (Wildman–Crippen LogP) is 0.897. The average Bonchev–Trinajstić information content (AvgIpc) is 2.46. The van der Waals surface area contributed by atoms with Crippen LogP contribution in [0, 0.1) is 0 Å². The fourth-order valence-electron chi connectivity index (χ4n) is 2.47. The van der Waals surface area contributed by atoms with Crippen molar-refractivity contribution in [2.24, 2.45) is 0 Å². The van der Waals surface area contributed by atoms with Crippen molar-refractivity contribution in [2.45, 2.75) is 19.1 Å². The summed E-state index contributed by atoms with van der Waals surface area (Å²) in [4.78, 5) is 13.7. The summed E-state index contributed by atoms with van der Waals surface area (Å²) in [6.45, 7) is 1.67. The quantitative estimate of drug-likeness (QED) is 0.870. The number of fused-ring (bicyclic) bond motifs is 1. The molecule has 1 N–H and O–H groups in total. The first-order valence-electron chi connectivity index (χ1n) is 6.71. The molecule has 1 atom stereocenters. The third-order valence-corrected chi connectivity index (χ3v) is 3.57. The van der Waals surface area contributed by atoms with E-state index in [0.29, 0.717) is 6.54 Å². The molecule has 0 radical (unpaired) electrons. The minimum atomic E-state index is -0.629. The van der Waals surface area contributed by atoms with Crippen LogP contribution in [0.25, 0.3) is 0 Å². The third kappa shape index (κ3) is 3.36. The Morgan fingerprint density at radius 2 is 2.15 bits per heavy atom. The van der Waals surface area contributed by atoms with Gasteiger partial charge in [0, 0.05) is 27.3 Å². The van der Waals surface area contributed by atoms with Gasteiger partial charge in [-0.1, -0.05) is 18.2 Å². The second kappa shape index (κ2) is 6.83. The Balaban J connectivity index is 2.13. The summed E-state index contributed by atoms with van der Waals surface area (Å²) in [5.41, 5.74) is 3.15. The lowest BCUT2D eigenvalue weighted by Gasteiger charge is -2.29. The lowest BCUT2D eigenvalue weighted by atomic mass is 9.95. The smallest absolute Gasteiger partial charge is 0.248 e. The lowest BCUT2D eigenvalue weighted by Crippen LogP contribution is -2.38. The zero-order valence-corrected chi connectivity index (χ0v) is 12.0.